The van der Waals surface area contributed by atoms with E-state index >= 15 is 0 Å². The molecule has 1 heterocycles. The van der Waals surface area contributed by atoms with Crippen molar-refractivity contribution in [3.8, 4) is 0 Å². The number of nitrogens with one attached hydrogen (secondary N) is 2. The Morgan fingerprint density at radius 2 is 1.86 bits per heavy atom. The molecule has 0 unspecified atom stereocenters. The minimum Gasteiger partial charge on any atom is -0.376 e. The minimum absolute atomic E-state index is 0.143. The fraction of sp³-hybridized carbons (Fsp3) is 0.348. The first-order chi connectivity index (χ1) is 13.8. The highest BCUT2D eigenvalue weighted by Gasteiger charge is 2.21. The van der Waals surface area contributed by atoms with Gasteiger partial charge in [0.2, 0.25) is 5.91 Å². The van der Waals surface area contributed by atoms with E-state index in [0.29, 0.717) is 12.1 Å². The minimum atomic E-state index is -0.213. The third kappa shape index (κ3) is 5.02. The van der Waals surface area contributed by atoms with Crippen LogP contribution in [0, 0.1) is 20.8 Å². The predicted molar refractivity (Wildman–Crippen MR) is 118 cm³/mol. The summed E-state index contributed by atoms with van der Waals surface area (Å²) in [5.41, 5.74) is 9.45. The lowest BCUT2D eigenvalue weighted by atomic mass is 10.1. The molecular weight excluding hydrogens is 364 g/mol. The van der Waals surface area contributed by atoms with Gasteiger partial charge in [0.15, 0.2) is 0 Å². The first-order valence-corrected chi connectivity index (χ1v) is 9.91. The number of hydrogen-bond acceptors (Lipinski definition) is 4. The highest BCUT2D eigenvalue weighted by atomic mass is 16.2. The molecule has 1 saturated heterocycles. The van der Waals surface area contributed by atoms with Crippen LogP contribution in [0.5, 0.6) is 0 Å². The van der Waals surface area contributed by atoms with Crippen molar-refractivity contribution >= 4 is 28.9 Å². The Morgan fingerprint density at radius 3 is 2.52 bits per heavy atom. The second-order valence-corrected chi connectivity index (χ2v) is 7.56. The smallest absolute Gasteiger partial charge is 0.259 e. The van der Waals surface area contributed by atoms with E-state index in [0.717, 1.165) is 41.0 Å². The molecule has 6 heteroatoms. The Balaban J connectivity index is 1.61. The van der Waals surface area contributed by atoms with Crippen molar-refractivity contribution in [2.45, 2.75) is 40.5 Å². The summed E-state index contributed by atoms with van der Waals surface area (Å²) in [4.78, 5) is 26.0. The van der Waals surface area contributed by atoms with Crippen LogP contribution in [0.25, 0.3) is 0 Å². The number of carbonyl (C=O) groups is 2. The van der Waals surface area contributed by atoms with Crippen LogP contribution in [0.15, 0.2) is 41.5 Å². The largest absolute Gasteiger partial charge is 0.376 e. The Kier molecular flexibility index (Phi) is 6.32. The zero-order chi connectivity index (χ0) is 21.0. The quantitative estimate of drug-likeness (QED) is 0.582. The van der Waals surface area contributed by atoms with Crippen LogP contribution in [0.3, 0.4) is 0 Å². The summed E-state index contributed by atoms with van der Waals surface area (Å²) in [5.74, 6) is -0.0626. The number of rotatable bonds is 6. The van der Waals surface area contributed by atoms with Gasteiger partial charge in [-0.2, -0.15) is 5.10 Å². The van der Waals surface area contributed by atoms with Gasteiger partial charge in [-0.1, -0.05) is 29.8 Å². The molecule has 6 nitrogen and oxygen atoms in total. The number of carbonyl (C=O) groups excluding carboxylic acids is 2. The number of aryl methyl sites for hydroxylation is 3. The summed E-state index contributed by atoms with van der Waals surface area (Å²) in [7, 11) is 0. The van der Waals surface area contributed by atoms with E-state index in [4.69, 9.17) is 0 Å². The molecule has 152 valence electrons. The second-order valence-electron chi connectivity index (χ2n) is 7.56. The maximum Gasteiger partial charge on any atom is 0.259 e. The van der Waals surface area contributed by atoms with E-state index in [1.807, 2.05) is 45.0 Å². The van der Waals surface area contributed by atoms with Crippen molar-refractivity contribution in [3.63, 3.8) is 0 Å². The normalized spacial score (nSPS) is 14.3. The number of anilines is 2. The summed E-state index contributed by atoms with van der Waals surface area (Å²) in [5, 5.41) is 7.42. The summed E-state index contributed by atoms with van der Waals surface area (Å²) in [6, 6.07) is 11.9. The Hall–Kier alpha value is -3.15. The molecule has 2 aromatic rings. The molecule has 0 bridgehead atoms. The fourth-order valence-corrected chi connectivity index (χ4v) is 3.70. The predicted octanol–water partition coefficient (Wildman–Crippen LogP) is 3.69. The molecule has 0 saturated carbocycles. The first kappa shape index (κ1) is 20.6. The number of hydrogen-bond donors (Lipinski definition) is 2. The van der Waals surface area contributed by atoms with E-state index in [2.05, 4.69) is 34.9 Å². The molecule has 0 radical (unpaired) electrons. The van der Waals surface area contributed by atoms with Crippen molar-refractivity contribution in [1.29, 1.82) is 0 Å². The SMILES string of the molecule is C/C(=N/NC(=O)CNc1c(C)cc(C)cc1C)c1cccc(N2CCCC2=O)c1. The van der Waals surface area contributed by atoms with Gasteiger partial charge in [-0.15, -0.1) is 0 Å². The van der Waals surface area contributed by atoms with Crippen LogP contribution in [-0.4, -0.2) is 30.6 Å². The second kappa shape index (κ2) is 8.90. The van der Waals surface area contributed by atoms with E-state index in [-0.39, 0.29) is 18.4 Å². The average molecular weight is 393 g/mol. The highest BCUT2D eigenvalue weighted by molar-refractivity contribution is 6.02. The van der Waals surface area contributed by atoms with E-state index < -0.39 is 0 Å². The van der Waals surface area contributed by atoms with Gasteiger partial charge in [-0.3, -0.25) is 9.59 Å². The molecule has 0 aromatic heterocycles. The van der Waals surface area contributed by atoms with Gasteiger partial charge in [0, 0.05) is 24.3 Å². The van der Waals surface area contributed by atoms with Gasteiger partial charge in [0.25, 0.3) is 5.91 Å². The monoisotopic (exact) mass is 392 g/mol. The highest BCUT2D eigenvalue weighted by Crippen LogP contribution is 2.23. The molecule has 0 aliphatic carbocycles. The van der Waals surface area contributed by atoms with Crippen LogP contribution in [0.4, 0.5) is 11.4 Å². The summed E-state index contributed by atoms with van der Waals surface area (Å²) >= 11 is 0. The average Bonchev–Trinajstić information content (AvgIpc) is 3.11. The first-order valence-electron chi connectivity index (χ1n) is 9.91. The lowest BCUT2D eigenvalue weighted by molar-refractivity contribution is -0.119. The van der Waals surface area contributed by atoms with Gasteiger partial charge >= 0.3 is 0 Å². The topological polar surface area (TPSA) is 73.8 Å². The lowest BCUT2D eigenvalue weighted by Gasteiger charge is -2.16. The molecule has 0 atom stereocenters. The van der Waals surface area contributed by atoms with Gasteiger partial charge < -0.3 is 10.2 Å². The molecule has 2 aromatic carbocycles. The zero-order valence-corrected chi connectivity index (χ0v) is 17.5. The van der Waals surface area contributed by atoms with Gasteiger partial charge in [-0.05, 0) is 62.9 Å². The Labute approximate surface area is 172 Å². The van der Waals surface area contributed by atoms with Crippen molar-refractivity contribution < 1.29 is 9.59 Å². The van der Waals surface area contributed by atoms with Crippen molar-refractivity contribution in [2.24, 2.45) is 5.10 Å². The van der Waals surface area contributed by atoms with Crippen LogP contribution in [0.2, 0.25) is 0 Å². The number of benzene rings is 2. The molecule has 3 rings (SSSR count). The van der Waals surface area contributed by atoms with Gasteiger partial charge in [0.05, 0.1) is 12.3 Å². The van der Waals surface area contributed by atoms with Crippen molar-refractivity contribution in [1.82, 2.24) is 5.43 Å². The maximum absolute atomic E-state index is 12.2. The van der Waals surface area contributed by atoms with Gasteiger partial charge in [0.1, 0.15) is 0 Å². The van der Waals surface area contributed by atoms with Crippen molar-refractivity contribution in [3.05, 3.63) is 58.7 Å². The van der Waals surface area contributed by atoms with Crippen LogP contribution in [0.1, 0.15) is 42.0 Å². The molecule has 1 aliphatic heterocycles. The lowest BCUT2D eigenvalue weighted by Crippen LogP contribution is -2.27. The fourth-order valence-electron chi connectivity index (χ4n) is 3.70. The third-order valence-corrected chi connectivity index (χ3v) is 5.10. The van der Waals surface area contributed by atoms with E-state index in [9.17, 15) is 9.59 Å². The molecule has 1 fully saturated rings. The van der Waals surface area contributed by atoms with Crippen LogP contribution < -0.4 is 15.6 Å². The van der Waals surface area contributed by atoms with E-state index in [1.54, 1.807) is 4.90 Å². The molecular formula is C23H28N4O2. The Morgan fingerprint density at radius 1 is 1.14 bits per heavy atom. The number of amides is 2. The van der Waals surface area contributed by atoms with Gasteiger partial charge in [-0.25, -0.2) is 5.43 Å². The summed E-state index contributed by atoms with van der Waals surface area (Å²) in [6.45, 7) is 8.85. The molecule has 0 spiro atoms. The summed E-state index contributed by atoms with van der Waals surface area (Å²) < 4.78 is 0. The van der Waals surface area contributed by atoms with Crippen molar-refractivity contribution in [2.75, 3.05) is 23.3 Å². The molecule has 2 amide bonds. The molecule has 29 heavy (non-hydrogen) atoms. The van der Waals surface area contributed by atoms with Crippen LogP contribution >= 0.6 is 0 Å². The standard InChI is InChI=1S/C23H28N4O2/c1-15-11-16(2)23(17(3)12-15)24-14-21(28)26-25-18(4)19-7-5-8-20(13-19)27-10-6-9-22(27)29/h5,7-8,11-13,24H,6,9-10,14H2,1-4H3,(H,26,28)/b25-18-. The van der Waals surface area contributed by atoms with E-state index in [1.165, 1.54) is 5.56 Å². The zero-order valence-electron chi connectivity index (χ0n) is 17.5. The maximum atomic E-state index is 12.2. The third-order valence-electron chi connectivity index (χ3n) is 5.10. The number of nitrogens with zero attached hydrogens (tertiary/aromatic N) is 2. The number of hydrazone groups is 1. The molecule has 2 N–H and O–H groups in total. The Bertz CT molecular complexity index is 942. The van der Waals surface area contributed by atoms with Crippen LogP contribution in [-0.2, 0) is 9.59 Å². The summed E-state index contributed by atoms with van der Waals surface area (Å²) in [6.07, 6.45) is 1.49. The molecule has 1 aliphatic rings.